The van der Waals surface area contributed by atoms with Crippen molar-refractivity contribution >= 4 is 0 Å². The number of rotatable bonds is 5. The van der Waals surface area contributed by atoms with Gasteiger partial charge in [-0.2, -0.15) is 0 Å². The first-order valence-electron chi connectivity index (χ1n) is 6.07. The van der Waals surface area contributed by atoms with E-state index in [1.54, 1.807) is 0 Å². The summed E-state index contributed by atoms with van der Waals surface area (Å²) < 4.78 is 10.3. The molecule has 1 saturated heterocycles. The van der Waals surface area contributed by atoms with E-state index in [9.17, 15) is 20.4 Å². The van der Waals surface area contributed by atoms with Crippen LogP contribution in [0.5, 0.6) is 0 Å². The summed E-state index contributed by atoms with van der Waals surface area (Å²) in [6.07, 6.45) is -2.55. The van der Waals surface area contributed by atoms with Gasteiger partial charge in [-0.1, -0.05) is 5.92 Å². The van der Waals surface area contributed by atoms with Gasteiger partial charge in [-0.15, -0.1) is 6.42 Å². The van der Waals surface area contributed by atoms with E-state index < -0.39 is 43.4 Å². The highest BCUT2D eigenvalue weighted by Gasteiger charge is 2.43. The van der Waals surface area contributed by atoms with Crippen LogP contribution in [-0.2, 0) is 9.47 Å². The molecular formula is C13H18O7. The summed E-state index contributed by atoms with van der Waals surface area (Å²) in [6, 6.07) is 0. The monoisotopic (exact) mass is 286 g/mol. The molecule has 0 bridgehead atoms. The molecule has 0 spiro atoms. The van der Waals surface area contributed by atoms with E-state index in [4.69, 9.17) is 21.0 Å². The Morgan fingerprint density at radius 1 is 1.20 bits per heavy atom. The van der Waals surface area contributed by atoms with Crippen LogP contribution in [0.3, 0.4) is 0 Å². The largest absolute Gasteiger partial charge is 0.394 e. The Morgan fingerprint density at radius 3 is 2.50 bits per heavy atom. The van der Waals surface area contributed by atoms with Crippen LogP contribution in [0.15, 0.2) is 0 Å². The fraction of sp³-hybridized carbons (Fsp3) is 0.692. The maximum atomic E-state index is 9.67. The summed E-state index contributed by atoms with van der Waals surface area (Å²) in [6.45, 7) is -0.538. The van der Waals surface area contributed by atoms with Crippen LogP contribution in [0.2, 0.25) is 0 Å². The Balaban J connectivity index is 2.45. The van der Waals surface area contributed by atoms with Gasteiger partial charge in [0.05, 0.1) is 13.2 Å². The Morgan fingerprint density at radius 2 is 1.90 bits per heavy atom. The smallest absolute Gasteiger partial charge is 0.186 e. The minimum Gasteiger partial charge on any atom is -0.394 e. The SMILES string of the molecule is C#CC#CC(O)CCOC1OC(CO)C(O)C(O)C1O. The predicted molar refractivity (Wildman–Crippen MR) is 67.0 cm³/mol. The molecule has 0 aliphatic carbocycles. The fourth-order valence-electron chi connectivity index (χ4n) is 1.70. The normalized spacial score (nSPS) is 34.7. The molecule has 1 fully saturated rings. The molecule has 0 amide bonds. The molecule has 0 aromatic heterocycles. The molecule has 0 aromatic rings. The molecule has 7 heteroatoms. The molecule has 0 aromatic carbocycles. The van der Waals surface area contributed by atoms with Crippen molar-refractivity contribution in [2.24, 2.45) is 0 Å². The maximum absolute atomic E-state index is 9.67. The number of hydrogen-bond acceptors (Lipinski definition) is 7. The maximum Gasteiger partial charge on any atom is 0.186 e. The summed E-state index contributed by atoms with van der Waals surface area (Å²) in [4.78, 5) is 0. The van der Waals surface area contributed by atoms with Gasteiger partial charge < -0.3 is 35.0 Å². The van der Waals surface area contributed by atoms with Crippen molar-refractivity contribution in [3.8, 4) is 24.2 Å². The van der Waals surface area contributed by atoms with Crippen LogP contribution >= 0.6 is 0 Å². The van der Waals surface area contributed by atoms with Crippen LogP contribution < -0.4 is 0 Å². The van der Waals surface area contributed by atoms with Crippen molar-refractivity contribution in [3.05, 3.63) is 0 Å². The molecule has 112 valence electrons. The lowest BCUT2D eigenvalue weighted by Crippen LogP contribution is -2.59. The number of aliphatic hydroxyl groups is 5. The summed E-state index contributed by atoms with van der Waals surface area (Å²) >= 11 is 0. The van der Waals surface area contributed by atoms with Crippen LogP contribution in [0.4, 0.5) is 0 Å². The lowest BCUT2D eigenvalue weighted by molar-refractivity contribution is -0.301. The molecule has 0 radical (unpaired) electrons. The molecular weight excluding hydrogens is 268 g/mol. The highest BCUT2D eigenvalue weighted by Crippen LogP contribution is 2.22. The Hall–Kier alpha value is -1.16. The lowest BCUT2D eigenvalue weighted by atomic mass is 9.99. The van der Waals surface area contributed by atoms with Gasteiger partial charge in [0, 0.05) is 6.42 Å². The number of hydrogen-bond donors (Lipinski definition) is 5. The second-order valence-electron chi connectivity index (χ2n) is 4.29. The predicted octanol–water partition coefficient (Wildman–Crippen LogP) is -2.81. The molecule has 0 saturated carbocycles. The van der Waals surface area contributed by atoms with Gasteiger partial charge in [0.1, 0.15) is 30.5 Å². The van der Waals surface area contributed by atoms with Gasteiger partial charge in [0.25, 0.3) is 0 Å². The van der Waals surface area contributed by atoms with E-state index in [1.807, 2.05) is 0 Å². The molecule has 1 aliphatic heterocycles. The van der Waals surface area contributed by atoms with Crippen LogP contribution in [0.1, 0.15) is 6.42 Å². The quantitative estimate of drug-likeness (QED) is 0.346. The summed E-state index contributed by atoms with van der Waals surface area (Å²) in [5.41, 5.74) is 0. The lowest BCUT2D eigenvalue weighted by Gasteiger charge is -2.39. The average Bonchev–Trinajstić information content (AvgIpc) is 2.45. The van der Waals surface area contributed by atoms with Gasteiger partial charge in [0.15, 0.2) is 6.29 Å². The van der Waals surface area contributed by atoms with Crippen LogP contribution in [0.25, 0.3) is 0 Å². The zero-order chi connectivity index (χ0) is 15.1. The van der Waals surface area contributed by atoms with Crippen molar-refractivity contribution in [1.29, 1.82) is 0 Å². The summed E-state index contributed by atoms with van der Waals surface area (Å²) in [5.74, 6) is 6.69. The van der Waals surface area contributed by atoms with Gasteiger partial charge in [0.2, 0.25) is 0 Å². The Kier molecular flexibility index (Phi) is 6.93. The molecule has 1 heterocycles. The van der Waals surface area contributed by atoms with Crippen molar-refractivity contribution < 1.29 is 35.0 Å². The van der Waals surface area contributed by atoms with E-state index in [0.29, 0.717) is 0 Å². The first-order chi connectivity index (χ1) is 9.51. The second-order valence-corrected chi connectivity index (χ2v) is 4.29. The molecule has 1 aliphatic rings. The van der Waals surface area contributed by atoms with Crippen molar-refractivity contribution in [3.63, 3.8) is 0 Å². The first kappa shape index (κ1) is 16.9. The Bertz CT molecular complexity index is 392. The van der Waals surface area contributed by atoms with Crippen molar-refractivity contribution in [2.45, 2.75) is 43.2 Å². The van der Waals surface area contributed by atoms with E-state index in [0.717, 1.165) is 0 Å². The highest BCUT2D eigenvalue weighted by atomic mass is 16.7. The van der Waals surface area contributed by atoms with Crippen molar-refractivity contribution in [2.75, 3.05) is 13.2 Å². The van der Waals surface area contributed by atoms with Crippen LogP contribution in [0, 0.1) is 24.2 Å². The molecule has 6 atom stereocenters. The first-order valence-corrected chi connectivity index (χ1v) is 6.07. The van der Waals surface area contributed by atoms with E-state index in [2.05, 4.69) is 17.8 Å². The molecule has 7 nitrogen and oxygen atoms in total. The Labute approximate surface area is 116 Å². The third kappa shape index (κ3) is 4.44. The van der Waals surface area contributed by atoms with Crippen LogP contribution in [-0.4, -0.2) is 75.6 Å². The summed E-state index contributed by atoms with van der Waals surface area (Å²) in [5, 5.41) is 47.1. The molecule has 20 heavy (non-hydrogen) atoms. The van der Waals surface area contributed by atoms with Gasteiger partial charge in [-0.25, -0.2) is 0 Å². The van der Waals surface area contributed by atoms with E-state index in [1.165, 1.54) is 0 Å². The topological polar surface area (TPSA) is 120 Å². The van der Waals surface area contributed by atoms with E-state index in [-0.39, 0.29) is 13.0 Å². The third-order valence-electron chi connectivity index (χ3n) is 2.83. The zero-order valence-corrected chi connectivity index (χ0v) is 10.7. The van der Waals surface area contributed by atoms with Gasteiger partial charge in [-0.3, -0.25) is 0 Å². The van der Waals surface area contributed by atoms with Gasteiger partial charge >= 0.3 is 0 Å². The minimum absolute atomic E-state index is 0.0108. The average molecular weight is 286 g/mol. The van der Waals surface area contributed by atoms with E-state index >= 15 is 0 Å². The second kappa shape index (κ2) is 8.20. The molecule has 5 N–H and O–H groups in total. The van der Waals surface area contributed by atoms with Gasteiger partial charge in [-0.05, 0) is 11.8 Å². The minimum atomic E-state index is -1.49. The number of terminal acetylenes is 1. The standard InChI is InChI=1S/C13H18O7/c1-2-3-4-8(15)5-6-19-13-12(18)11(17)10(16)9(7-14)20-13/h1,8-18H,5-7H2. The molecule has 6 unspecified atom stereocenters. The van der Waals surface area contributed by atoms with Crippen molar-refractivity contribution in [1.82, 2.24) is 0 Å². The molecule has 1 rings (SSSR count). The zero-order valence-electron chi connectivity index (χ0n) is 10.7. The number of aliphatic hydroxyl groups excluding tert-OH is 5. The summed E-state index contributed by atoms with van der Waals surface area (Å²) in [7, 11) is 0. The fourth-order valence-corrected chi connectivity index (χ4v) is 1.70. The third-order valence-corrected chi connectivity index (χ3v) is 2.83. The number of ether oxygens (including phenoxy) is 2. The highest BCUT2D eigenvalue weighted by molar-refractivity contribution is 5.23.